The molecule has 2 amide bonds. The Kier molecular flexibility index (Phi) is 6.46. The molecule has 1 aliphatic carbocycles. The van der Waals surface area contributed by atoms with Gasteiger partial charge >= 0.3 is 0 Å². The lowest BCUT2D eigenvalue weighted by molar-refractivity contribution is -0.138. The number of benzene rings is 1. The molecule has 1 saturated carbocycles. The highest BCUT2D eigenvalue weighted by molar-refractivity contribution is 5.83. The molecule has 0 bridgehead atoms. The molecule has 0 spiro atoms. The van der Waals surface area contributed by atoms with Crippen molar-refractivity contribution >= 4 is 11.8 Å². The van der Waals surface area contributed by atoms with Gasteiger partial charge < -0.3 is 9.80 Å². The van der Waals surface area contributed by atoms with Crippen LogP contribution in [0, 0.1) is 11.8 Å². The highest BCUT2D eigenvalue weighted by Crippen LogP contribution is 2.30. The van der Waals surface area contributed by atoms with E-state index in [1.807, 2.05) is 28.0 Å². The van der Waals surface area contributed by atoms with Gasteiger partial charge in [0.05, 0.1) is 5.92 Å². The molecule has 158 valence electrons. The normalized spacial score (nSPS) is 20.0. The maximum atomic E-state index is 13.3. The van der Waals surface area contributed by atoms with Gasteiger partial charge in [0.2, 0.25) is 11.8 Å². The van der Waals surface area contributed by atoms with Gasteiger partial charge in [-0.2, -0.15) is 0 Å². The molecule has 5 nitrogen and oxygen atoms in total. The lowest BCUT2D eigenvalue weighted by Gasteiger charge is -2.31. The smallest absolute Gasteiger partial charge is 0.227 e. The minimum absolute atomic E-state index is 0.175. The number of carbonyl (C=O) groups is 2. The van der Waals surface area contributed by atoms with Crippen molar-refractivity contribution in [3.8, 4) is 11.1 Å². The van der Waals surface area contributed by atoms with E-state index in [0.29, 0.717) is 26.1 Å². The van der Waals surface area contributed by atoms with Crippen LogP contribution in [0.3, 0.4) is 0 Å². The average molecular weight is 406 g/mol. The topological polar surface area (TPSA) is 53.5 Å². The van der Waals surface area contributed by atoms with Gasteiger partial charge in [-0.3, -0.25) is 14.6 Å². The van der Waals surface area contributed by atoms with E-state index in [9.17, 15) is 9.59 Å². The molecular formula is C25H31N3O2. The zero-order chi connectivity index (χ0) is 20.9. The summed E-state index contributed by atoms with van der Waals surface area (Å²) in [5.41, 5.74) is 3.38. The molecule has 4 rings (SSSR count). The van der Waals surface area contributed by atoms with E-state index in [1.54, 1.807) is 12.4 Å². The van der Waals surface area contributed by atoms with Gasteiger partial charge in [0.1, 0.15) is 0 Å². The van der Waals surface area contributed by atoms with E-state index in [2.05, 4.69) is 30.1 Å². The molecule has 1 atom stereocenters. The largest absolute Gasteiger partial charge is 0.341 e. The fraction of sp³-hybridized carbons (Fsp3) is 0.480. The Morgan fingerprint density at radius 1 is 1.10 bits per heavy atom. The second kappa shape index (κ2) is 9.41. The first-order valence-electron chi connectivity index (χ1n) is 11.2. The van der Waals surface area contributed by atoms with Crippen LogP contribution in [-0.4, -0.2) is 52.8 Å². The Morgan fingerprint density at radius 2 is 1.90 bits per heavy atom. The monoisotopic (exact) mass is 405 g/mol. The third kappa shape index (κ3) is 4.55. The first kappa shape index (κ1) is 20.6. The van der Waals surface area contributed by atoms with Crippen LogP contribution in [0.25, 0.3) is 11.1 Å². The summed E-state index contributed by atoms with van der Waals surface area (Å²) in [7, 11) is 0. The molecule has 30 heavy (non-hydrogen) atoms. The first-order chi connectivity index (χ1) is 14.7. The zero-order valence-electron chi connectivity index (χ0n) is 17.8. The molecular weight excluding hydrogens is 374 g/mol. The molecule has 2 fully saturated rings. The van der Waals surface area contributed by atoms with Gasteiger partial charge in [0.15, 0.2) is 0 Å². The summed E-state index contributed by atoms with van der Waals surface area (Å²) >= 11 is 0. The van der Waals surface area contributed by atoms with Crippen LogP contribution < -0.4 is 0 Å². The molecule has 0 radical (unpaired) electrons. The molecule has 1 unspecified atom stereocenters. The summed E-state index contributed by atoms with van der Waals surface area (Å²) < 4.78 is 0. The van der Waals surface area contributed by atoms with Crippen molar-refractivity contribution in [3.63, 3.8) is 0 Å². The zero-order valence-corrected chi connectivity index (χ0v) is 17.8. The minimum atomic E-state index is -0.184. The summed E-state index contributed by atoms with van der Waals surface area (Å²) in [5, 5.41) is 0. The van der Waals surface area contributed by atoms with Gasteiger partial charge in [-0.25, -0.2) is 0 Å². The van der Waals surface area contributed by atoms with Crippen molar-refractivity contribution in [3.05, 3.63) is 54.4 Å². The molecule has 1 aliphatic heterocycles. The first-order valence-corrected chi connectivity index (χ1v) is 11.2. The number of amides is 2. The highest BCUT2D eigenvalue weighted by atomic mass is 16.2. The van der Waals surface area contributed by atoms with Crippen molar-refractivity contribution in [2.24, 2.45) is 11.8 Å². The Morgan fingerprint density at radius 3 is 2.60 bits per heavy atom. The van der Waals surface area contributed by atoms with Crippen LogP contribution >= 0.6 is 0 Å². The summed E-state index contributed by atoms with van der Waals surface area (Å²) in [6.07, 6.45) is 8.34. The Hall–Kier alpha value is -2.69. The van der Waals surface area contributed by atoms with Crippen LogP contribution in [-0.2, 0) is 16.0 Å². The van der Waals surface area contributed by atoms with Crippen LogP contribution in [0.15, 0.2) is 48.8 Å². The van der Waals surface area contributed by atoms with Crippen LogP contribution in [0.1, 0.15) is 38.2 Å². The predicted octanol–water partition coefficient (Wildman–Crippen LogP) is 3.79. The lowest BCUT2D eigenvalue weighted by atomic mass is 9.84. The van der Waals surface area contributed by atoms with E-state index < -0.39 is 0 Å². The van der Waals surface area contributed by atoms with E-state index in [1.165, 1.54) is 0 Å². The molecule has 5 heteroatoms. The van der Waals surface area contributed by atoms with Crippen molar-refractivity contribution in [2.45, 2.75) is 39.0 Å². The molecule has 1 saturated heterocycles. The molecule has 2 aliphatic rings. The van der Waals surface area contributed by atoms with Crippen molar-refractivity contribution in [1.29, 1.82) is 0 Å². The number of carbonyl (C=O) groups excluding carboxylic acids is 2. The van der Waals surface area contributed by atoms with Crippen molar-refractivity contribution < 1.29 is 9.59 Å². The fourth-order valence-electron chi connectivity index (χ4n) is 4.51. The number of rotatable bonds is 6. The summed E-state index contributed by atoms with van der Waals surface area (Å²) in [5.74, 6) is 0.433. The van der Waals surface area contributed by atoms with E-state index in [-0.39, 0.29) is 23.7 Å². The quantitative estimate of drug-likeness (QED) is 0.735. The lowest BCUT2D eigenvalue weighted by Crippen LogP contribution is -2.42. The summed E-state index contributed by atoms with van der Waals surface area (Å²) in [6.45, 7) is 4.71. The second-order valence-corrected chi connectivity index (χ2v) is 8.57. The SMILES string of the molecule is CCCN1CCN(C(=O)C2CCC2)CC(Cc2cccc(-c3ccncc3)c2)C1=O. The fourth-order valence-corrected chi connectivity index (χ4v) is 4.51. The number of aromatic nitrogens is 1. The van der Waals surface area contributed by atoms with Gasteiger partial charge in [-0.05, 0) is 54.5 Å². The number of hydrogen-bond acceptors (Lipinski definition) is 3. The summed E-state index contributed by atoms with van der Waals surface area (Å²) in [4.78, 5) is 34.3. The second-order valence-electron chi connectivity index (χ2n) is 8.57. The van der Waals surface area contributed by atoms with Crippen molar-refractivity contribution in [2.75, 3.05) is 26.2 Å². The molecule has 2 aromatic rings. The Balaban J connectivity index is 1.55. The maximum Gasteiger partial charge on any atom is 0.227 e. The van der Waals surface area contributed by atoms with Gasteiger partial charge in [0.25, 0.3) is 0 Å². The summed E-state index contributed by atoms with van der Waals surface area (Å²) in [6, 6.07) is 12.4. The predicted molar refractivity (Wildman–Crippen MR) is 118 cm³/mol. The number of pyridine rings is 1. The van der Waals surface area contributed by atoms with E-state index >= 15 is 0 Å². The Bertz CT molecular complexity index is 879. The molecule has 1 aromatic heterocycles. The standard InChI is InChI=1S/C25H31N3O2/c1-2-13-27-14-15-28(24(29)21-6-4-7-21)18-23(25(27)30)17-19-5-3-8-22(16-19)20-9-11-26-12-10-20/h3,5,8-12,16,21,23H,2,4,6-7,13-15,17-18H2,1H3. The Labute approximate surface area is 179 Å². The van der Waals surface area contributed by atoms with Gasteiger partial charge in [-0.1, -0.05) is 37.6 Å². The van der Waals surface area contributed by atoms with E-state index in [0.717, 1.165) is 48.9 Å². The number of hydrogen-bond donors (Lipinski definition) is 0. The van der Waals surface area contributed by atoms with Gasteiger partial charge in [0, 0.05) is 44.5 Å². The van der Waals surface area contributed by atoms with Crippen LogP contribution in [0.2, 0.25) is 0 Å². The van der Waals surface area contributed by atoms with Gasteiger partial charge in [-0.15, -0.1) is 0 Å². The maximum absolute atomic E-state index is 13.3. The molecule has 1 aromatic carbocycles. The number of nitrogens with zero attached hydrogens (tertiary/aromatic N) is 3. The van der Waals surface area contributed by atoms with Crippen molar-refractivity contribution in [1.82, 2.24) is 14.8 Å². The third-order valence-electron chi connectivity index (χ3n) is 6.42. The highest BCUT2D eigenvalue weighted by Gasteiger charge is 2.35. The third-order valence-corrected chi connectivity index (χ3v) is 6.42. The van der Waals surface area contributed by atoms with Crippen LogP contribution in [0.4, 0.5) is 0 Å². The van der Waals surface area contributed by atoms with Crippen LogP contribution in [0.5, 0.6) is 0 Å². The minimum Gasteiger partial charge on any atom is -0.341 e. The molecule has 2 heterocycles. The molecule has 0 N–H and O–H groups in total. The average Bonchev–Trinajstić information content (AvgIpc) is 2.88. The van der Waals surface area contributed by atoms with E-state index in [4.69, 9.17) is 0 Å².